The van der Waals surface area contributed by atoms with Crippen LogP contribution >= 0.6 is 34.2 Å². The van der Waals surface area contributed by atoms with Crippen LogP contribution in [-0.4, -0.2) is 6.54 Å². The Morgan fingerprint density at radius 2 is 1.75 bits per heavy atom. The van der Waals surface area contributed by atoms with Gasteiger partial charge in [0.1, 0.15) is 0 Å². The van der Waals surface area contributed by atoms with Gasteiger partial charge in [-0.15, -0.1) is 0 Å². The van der Waals surface area contributed by atoms with Gasteiger partial charge in [0.25, 0.3) is 0 Å². The van der Waals surface area contributed by atoms with E-state index in [2.05, 4.69) is 27.9 Å². The van der Waals surface area contributed by atoms with E-state index in [-0.39, 0.29) is 11.1 Å². The van der Waals surface area contributed by atoms with Crippen molar-refractivity contribution < 1.29 is 8.78 Å². The van der Waals surface area contributed by atoms with Crippen molar-refractivity contribution in [2.24, 2.45) is 0 Å². The third-order valence-electron chi connectivity index (χ3n) is 2.96. The first-order chi connectivity index (χ1) is 9.52. The number of halogens is 4. The van der Waals surface area contributed by atoms with E-state index in [0.717, 1.165) is 21.3 Å². The summed E-state index contributed by atoms with van der Waals surface area (Å²) in [6.45, 7) is 2.64. The van der Waals surface area contributed by atoms with Gasteiger partial charge in [0.15, 0.2) is 11.6 Å². The number of hydrogen-bond acceptors (Lipinski definition) is 1. The Bertz CT molecular complexity index is 602. The third kappa shape index (κ3) is 3.48. The first-order valence-corrected chi connectivity index (χ1v) is 7.62. The second-order valence-electron chi connectivity index (χ2n) is 4.33. The summed E-state index contributed by atoms with van der Waals surface area (Å²) in [4.78, 5) is 0. The monoisotopic (exact) mass is 407 g/mol. The molecule has 0 aliphatic rings. The molecule has 0 saturated carbocycles. The lowest BCUT2D eigenvalue weighted by Crippen LogP contribution is -2.22. The molecule has 0 aliphatic carbocycles. The molecule has 0 radical (unpaired) electrons. The molecule has 0 bridgehead atoms. The molecule has 2 aromatic carbocycles. The van der Waals surface area contributed by atoms with E-state index in [1.807, 2.05) is 31.2 Å². The summed E-state index contributed by atoms with van der Waals surface area (Å²) in [6, 6.07) is 9.74. The Morgan fingerprint density at radius 3 is 2.35 bits per heavy atom. The molecule has 0 heterocycles. The smallest absolute Gasteiger partial charge is 0.160 e. The summed E-state index contributed by atoms with van der Waals surface area (Å²) in [7, 11) is 0. The fourth-order valence-electron chi connectivity index (χ4n) is 2.03. The zero-order valence-electron chi connectivity index (χ0n) is 10.8. The first kappa shape index (κ1) is 15.7. The summed E-state index contributed by atoms with van der Waals surface area (Å²) >= 11 is 8.28. The highest BCUT2D eigenvalue weighted by Gasteiger charge is 2.18. The standard InChI is InChI=1S/C15H13ClF2IN/c1-2-20-15(9-3-5-10(19)6-4-9)11-7-13(17)14(18)8-12(11)16/h3-8,15,20H,2H2,1H3. The Kier molecular flexibility index (Phi) is 5.35. The largest absolute Gasteiger partial charge is 0.306 e. The minimum Gasteiger partial charge on any atom is -0.306 e. The van der Waals surface area contributed by atoms with Gasteiger partial charge in [0, 0.05) is 8.59 Å². The Hall–Kier alpha value is -0.720. The molecule has 1 atom stereocenters. The normalized spacial score (nSPS) is 12.4. The van der Waals surface area contributed by atoms with E-state index in [4.69, 9.17) is 11.6 Å². The third-order valence-corrected chi connectivity index (χ3v) is 4.01. The lowest BCUT2D eigenvalue weighted by atomic mass is 9.98. The van der Waals surface area contributed by atoms with Crippen molar-refractivity contribution in [3.05, 3.63) is 67.8 Å². The van der Waals surface area contributed by atoms with Gasteiger partial charge >= 0.3 is 0 Å². The number of rotatable bonds is 4. The highest BCUT2D eigenvalue weighted by Crippen LogP contribution is 2.30. The second-order valence-corrected chi connectivity index (χ2v) is 5.98. The molecular weight excluding hydrogens is 395 g/mol. The maximum Gasteiger partial charge on any atom is 0.160 e. The number of hydrogen-bond donors (Lipinski definition) is 1. The molecule has 5 heteroatoms. The molecule has 1 nitrogen and oxygen atoms in total. The zero-order chi connectivity index (χ0) is 14.7. The summed E-state index contributed by atoms with van der Waals surface area (Å²) in [5.74, 6) is -1.82. The van der Waals surface area contributed by atoms with Crippen molar-refractivity contribution in [1.29, 1.82) is 0 Å². The summed E-state index contributed by atoms with van der Waals surface area (Å²) in [5, 5.41) is 3.46. The van der Waals surface area contributed by atoms with Crippen LogP contribution in [0.5, 0.6) is 0 Å². The van der Waals surface area contributed by atoms with E-state index in [9.17, 15) is 8.78 Å². The molecular formula is C15H13ClF2IN. The molecule has 0 spiro atoms. The first-order valence-electron chi connectivity index (χ1n) is 6.16. The highest BCUT2D eigenvalue weighted by molar-refractivity contribution is 14.1. The van der Waals surface area contributed by atoms with E-state index in [1.54, 1.807) is 0 Å². The molecule has 0 aliphatic heterocycles. The molecule has 20 heavy (non-hydrogen) atoms. The molecule has 2 rings (SSSR count). The van der Waals surface area contributed by atoms with Gasteiger partial charge < -0.3 is 5.32 Å². The lowest BCUT2D eigenvalue weighted by Gasteiger charge is -2.20. The maximum atomic E-state index is 13.5. The van der Waals surface area contributed by atoms with Gasteiger partial charge in [0.2, 0.25) is 0 Å². The molecule has 0 aromatic heterocycles. The topological polar surface area (TPSA) is 12.0 Å². The fraction of sp³-hybridized carbons (Fsp3) is 0.200. The Morgan fingerprint density at radius 1 is 1.15 bits per heavy atom. The second kappa shape index (κ2) is 6.83. The number of nitrogens with one attached hydrogen (secondary N) is 1. The fourth-order valence-corrected chi connectivity index (χ4v) is 2.64. The van der Waals surface area contributed by atoms with Crippen LogP contribution in [0.2, 0.25) is 5.02 Å². The van der Waals surface area contributed by atoms with Gasteiger partial charge in [0.05, 0.1) is 6.04 Å². The van der Waals surface area contributed by atoms with Gasteiger partial charge in [-0.3, -0.25) is 0 Å². The van der Waals surface area contributed by atoms with E-state index >= 15 is 0 Å². The summed E-state index contributed by atoms with van der Waals surface area (Å²) in [5.41, 5.74) is 1.49. The van der Waals surface area contributed by atoms with Crippen molar-refractivity contribution in [1.82, 2.24) is 5.32 Å². The summed E-state index contributed by atoms with van der Waals surface area (Å²) < 4.78 is 27.8. The van der Waals surface area contributed by atoms with Crippen LogP contribution in [0, 0.1) is 15.2 Å². The summed E-state index contributed by atoms with van der Waals surface area (Å²) in [6.07, 6.45) is 0. The SMILES string of the molecule is CCNC(c1ccc(I)cc1)c1cc(F)c(F)cc1Cl. The quantitative estimate of drug-likeness (QED) is 0.560. The van der Waals surface area contributed by atoms with Gasteiger partial charge in [-0.2, -0.15) is 0 Å². The zero-order valence-corrected chi connectivity index (χ0v) is 13.7. The van der Waals surface area contributed by atoms with Crippen molar-refractivity contribution in [3.8, 4) is 0 Å². The predicted octanol–water partition coefficient (Wildman–Crippen LogP) is 4.92. The lowest BCUT2D eigenvalue weighted by molar-refractivity contribution is 0.504. The van der Waals surface area contributed by atoms with Crippen LogP contribution < -0.4 is 5.32 Å². The van der Waals surface area contributed by atoms with Crippen LogP contribution in [0.1, 0.15) is 24.1 Å². The van der Waals surface area contributed by atoms with E-state index in [0.29, 0.717) is 12.1 Å². The van der Waals surface area contributed by atoms with E-state index in [1.165, 1.54) is 0 Å². The molecule has 0 fully saturated rings. The maximum absolute atomic E-state index is 13.5. The minimum atomic E-state index is -0.934. The van der Waals surface area contributed by atoms with Crippen LogP contribution in [0.15, 0.2) is 36.4 Å². The van der Waals surface area contributed by atoms with Gasteiger partial charge in [-0.1, -0.05) is 30.7 Å². The Labute approximate surface area is 135 Å². The van der Waals surface area contributed by atoms with Crippen LogP contribution in [-0.2, 0) is 0 Å². The number of benzene rings is 2. The average Bonchev–Trinajstić information content (AvgIpc) is 2.42. The molecule has 1 unspecified atom stereocenters. The van der Waals surface area contributed by atoms with E-state index < -0.39 is 11.6 Å². The molecule has 2 aromatic rings. The van der Waals surface area contributed by atoms with Crippen LogP contribution in [0.3, 0.4) is 0 Å². The Balaban J connectivity index is 2.48. The minimum absolute atomic E-state index is 0.216. The predicted molar refractivity (Wildman–Crippen MR) is 86.0 cm³/mol. The van der Waals surface area contributed by atoms with Crippen LogP contribution in [0.4, 0.5) is 8.78 Å². The average molecular weight is 408 g/mol. The highest BCUT2D eigenvalue weighted by atomic mass is 127. The molecule has 1 N–H and O–H groups in total. The van der Waals surface area contributed by atoms with Crippen molar-refractivity contribution in [3.63, 3.8) is 0 Å². The molecule has 0 saturated heterocycles. The van der Waals surface area contributed by atoms with Crippen molar-refractivity contribution in [2.45, 2.75) is 13.0 Å². The van der Waals surface area contributed by atoms with Gasteiger partial charge in [-0.05, 0) is 64.5 Å². The molecule has 106 valence electrons. The molecule has 0 amide bonds. The van der Waals surface area contributed by atoms with Crippen molar-refractivity contribution >= 4 is 34.2 Å². The van der Waals surface area contributed by atoms with Crippen molar-refractivity contribution in [2.75, 3.05) is 6.54 Å². The van der Waals surface area contributed by atoms with Crippen LogP contribution in [0.25, 0.3) is 0 Å². The van der Waals surface area contributed by atoms with Gasteiger partial charge in [-0.25, -0.2) is 8.78 Å².